The van der Waals surface area contributed by atoms with E-state index in [2.05, 4.69) is 10.5 Å². The molecule has 0 aromatic carbocycles. The van der Waals surface area contributed by atoms with Crippen LogP contribution in [0.1, 0.15) is 46.2 Å². The van der Waals surface area contributed by atoms with E-state index in [0.717, 1.165) is 5.57 Å². The highest BCUT2D eigenvalue weighted by Crippen LogP contribution is 2.55. The van der Waals surface area contributed by atoms with Crippen molar-refractivity contribution in [2.24, 2.45) is 0 Å². The van der Waals surface area contributed by atoms with Crippen molar-refractivity contribution in [2.45, 2.75) is 50.7 Å². The summed E-state index contributed by atoms with van der Waals surface area (Å²) in [5.41, 5.74) is 1.14. The molecule has 27 heavy (non-hydrogen) atoms. The minimum Gasteiger partial charge on any atom is -0.384 e. The number of carbonyl (C=O) groups is 1. The predicted octanol–water partition coefficient (Wildman–Crippen LogP) is 3.76. The van der Waals surface area contributed by atoms with Crippen LogP contribution in [-0.2, 0) is 19.7 Å². The number of rotatable bonds is 7. The number of anilines is 1. The second-order valence-corrected chi connectivity index (χ2v) is 10.3. The van der Waals surface area contributed by atoms with Crippen molar-refractivity contribution in [3.63, 3.8) is 0 Å². The van der Waals surface area contributed by atoms with Gasteiger partial charge in [0.05, 0.1) is 25.5 Å². The molecular weight excluding hydrogens is 372 g/mol. The summed E-state index contributed by atoms with van der Waals surface area (Å²) in [4.78, 5) is 12.7. The Morgan fingerprint density at radius 2 is 1.96 bits per heavy atom. The predicted molar refractivity (Wildman–Crippen MR) is 105 cm³/mol. The monoisotopic (exact) mass is 402 g/mol. The molecule has 1 aromatic heterocycles. The Hall–Kier alpha value is -1.39. The summed E-state index contributed by atoms with van der Waals surface area (Å²) in [6.45, 7) is 8.43. The van der Waals surface area contributed by atoms with E-state index in [0.29, 0.717) is 38.4 Å². The molecular formula is C18H30N2O6S. The molecule has 1 amide bonds. The molecule has 2 rings (SSSR count). The molecule has 0 aliphatic carbocycles. The maximum atomic E-state index is 12.7. The third kappa shape index (κ3) is 5.11. The van der Waals surface area contributed by atoms with Gasteiger partial charge in [-0.05, 0) is 32.3 Å². The first-order chi connectivity index (χ1) is 12.5. The summed E-state index contributed by atoms with van der Waals surface area (Å²) in [5.74, 6) is -0.403. The molecule has 0 atom stereocenters. The van der Waals surface area contributed by atoms with Gasteiger partial charge in [0.15, 0.2) is 0 Å². The number of hydrogen-bond donors (Lipinski definition) is 3. The molecule has 1 fully saturated rings. The van der Waals surface area contributed by atoms with Gasteiger partial charge >= 0.3 is 0 Å². The molecule has 154 valence electrons. The molecule has 2 heterocycles. The van der Waals surface area contributed by atoms with Gasteiger partial charge in [-0.15, -0.1) is 0 Å². The largest absolute Gasteiger partial charge is 0.384 e. The highest BCUT2D eigenvalue weighted by atomic mass is 32.3. The van der Waals surface area contributed by atoms with Gasteiger partial charge in [0.1, 0.15) is 4.75 Å². The molecule has 3 N–H and O–H groups in total. The first kappa shape index (κ1) is 21.9. The number of aromatic nitrogens is 1. The van der Waals surface area contributed by atoms with E-state index >= 15 is 0 Å². The van der Waals surface area contributed by atoms with Crippen molar-refractivity contribution in [1.82, 2.24) is 5.16 Å². The molecule has 1 aromatic rings. The van der Waals surface area contributed by atoms with Crippen molar-refractivity contribution < 1.29 is 27.9 Å². The number of hydrogen-bond acceptors (Lipinski definition) is 7. The second-order valence-electron chi connectivity index (χ2n) is 7.84. The first-order valence-electron chi connectivity index (χ1n) is 8.82. The molecule has 0 unspecified atom stereocenters. The first-order valence-corrected chi connectivity index (χ1v) is 10.4. The van der Waals surface area contributed by atoms with Gasteiger partial charge in [-0.2, -0.15) is 10.6 Å². The van der Waals surface area contributed by atoms with Crippen LogP contribution in [0.5, 0.6) is 0 Å². The van der Waals surface area contributed by atoms with Crippen LogP contribution < -0.4 is 5.32 Å². The Balaban J connectivity index is 2.12. The Morgan fingerprint density at radius 1 is 1.33 bits per heavy atom. The molecule has 0 bridgehead atoms. The average molecular weight is 403 g/mol. The third-order valence-corrected chi connectivity index (χ3v) is 7.06. The molecule has 0 spiro atoms. The van der Waals surface area contributed by atoms with Crippen LogP contribution in [0.4, 0.5) is 5.88 Å². The quantitative estimate of drug-likeness (QED) is 0.636. The third-order valence-electron chi connectivity index (χ3n) is 4.71. The Morgan fingerprint density at radius 3 is 2.56 bits per heavy atom. The Labute approximate surface area is 161 Å². The molecule has 0 radical (unpaired) electrons. The SMILES string of the molecule is COCC(C)(C)c1cc(NC(=O)C(C)(C)S(O)(O)C=C2CCOCC2)on1. The van der Waals surface area contributed by atoms with Gasteiger partial charge in [-0.25, -0.2) is 0 Å². The lowest BCUT2D eigenvalue weighted by atomic mass is 9.90. The lowest BCUT2D eigenvalue weighted by molar-refractivity contribution is -0.118. The highest BCUT2D eigenvalue weighted by molar-refractivity contribution is 8.28. The fraction of sp³-hybridized carbons (Fsp3) is 0.667. The minimum absolute atomic E-state index is 0.154. The van der Waals surface area contributed by atoms with E-state index in [1.807, 2.05) is 13.8 Å². The van der Waals surface area contributed by atoms with Gasteiger partial charge in [0.25, 0.3) is 5.91 Å². The normalized spacial score (nSPS) is 16.9. The fourth-order valence-corrected chi connectivity index (χ4v) is 3.94. The van der Waals surface area contributed by atoms with Gasteiger partial charge in [-0.1, -0.05) is 19.0 Å². The van der Waals surface area contributed by atoms with Crippen molar-refractivity contribution >= 4 is 22.4 Å². The van der Waals surface area contributed by atoms with Crippen LogP contribution in [0.2, 0.25) is 0 Å². The van der Waals surface area contributed by atoms with Crippen molar-refractivity contribution in [3.8, 4) is 0 Å². The maximum Gasteiger partial charge on any atom is 0.252 e. The van der Waals surface area contributed by atoms with Crippen molar-refractivity contribution in [3.05, 3.63) is 22.7 Å². The average Bonchev–Trinajstić information content (AvgIpc) is 3.04. The van der Waals surface area contributed by atoms with Crippen LogP contribution in [0.3, 0.4) is 0 Å². The smallest absolute Gasteiger partial charge is 0.252 e. The van der Waals surface area contributed by atoms with Crippen LogP contribution >= 0.6 is 10.6 Å². The maximum absolute atomic E-state index is 12.7. The van der Waals surface area contributed by atoms with Crippen LogP contribution in [-0.4, -0.2) is 51.8 Å². The lowest BCUT2D eigenvalue weighted by Gasteiger charge is -2.43. The number of nitrogens with one attached hydrogen (secondary N) is 1. The summed E-state index contributed by atoms with van der Waals surface area (Å²) >= 11 is 0. The van der Waals surface area contributed by atoms with Gasteiger partial charge in [0, 0.05) is 24.0 Å². The van der Waals surface area contributed by atoms with Gasteiger partial charge in [0.2, 0.25) is 5.88 Å². The van der Waals surface area contributed by atoms with Crippen LogP contribution in [0, 0.1) is 0 Å². The standard InChI is InChI=1S/C18H30N2O6S/c1-17(2,12-24-5)14-10-15(26-20-14)19-16(21)18(3,4)27(22,23)11-13-6-8-25-9-7-13/h10-11,22-23H,6-9,12H2,1-5H3,(H,19,21). The molecule has 8 nitrogen and oxygen atoms in total. The van der Waals surface area contributed by atoms with E-state index in [4.69, 9.17) is 14.0 Å². The number of carbonyl (C=O) groups excluding carboxylic acids is 1. The van der Waals surface area contributed by atoms with Crippen LogP contribution in [0.15, 0.2) is 21.6 Å². The zero-order valence-electron chi connectivity index (χ0n) is 16.6. The van der Waals surface area contributed by atoms with Crippen LogP contribution in [0.25, 0.3) is 0 Å². The van der Waals surface area contributed by atoms with Gasteiger partial charge < -0.3 is 14.0 Å². The Bertz CT molecular complexity index is 688. The van der Waals surface area contributed by atoms with Crippen molar-refractivity contribution in [2.75, 3.05) is 32.2 Å². The summed E-state index contributed by atoms with van der Waals surface area (Å²) < 4.78 is 35.5. The van der Waals surface area contributed by atoms with Crippen molar-refractivity contribution in [1.29, 1.82) is 0 Å². The second kappa shape index (κ2) is 8.32. The molecule has 9 heteroatoms. The van der Waals surface area contributed by atoms with E-state index < -0.39 is 21.2 Å². The zero-order chi connectivity index (χ0) is 20.3. The minimum atomic E-state index is -3.32. The molecule has 1 aliphatic rings. The molecule has 1 saturated heterocycles. The Kier molecular flexibility index (Phi) is 6.75. The fourth-order valence-electron chi connectivity index (χ4n) is 2.62. The summed E-state index contributed by atoms with van der Waals surface area (Å²) in [6.07, 6.45) is 1.27. The zero-order valence-corrected chi connectivity index (χ0v) is 17.4. The summed E-state index contributed by atoms with van der Waals surface area (Å²) in [7, 11) is -1.72. The van der Waals surface area contributed by atoms with E-state index in [-0.39, 0.29) is 11.3 Å². The highest BCUT2D eigenvalue weighted by Gasteiger charge is 2.41. The lowest BCUT2D eigenvalue weighted by Crippen LogP contribution is -2.41. The van der Waals surface area contributed by atoms with E-state index in [9.17, 15) is 13.9 Å². The van der Waals surface area contributed by atoms with Gasteiger partial charge in [-0.3, -0.25) is 19.2 Å². The summed E-state index contributed by atoms with van der Waals surface area (Å²) in [6, 6.07) is 1.62. The number of nitrogens with zero attached hydrogens (tertiary/aromatic N) is 1. The number of methoxy groups -OCH3 is 1. The van der Waals surface area contributed by atoms with E-state index in [1.165, 1.54) is 19.3 Å². The number of amides is 1. The molecule has 1 aliphatic heterocycles. The number of ether oxygens (including phenoxy) is 2. The molecule has 0 saturated carbocycles. The topological polar surface area (TPSA) is 114 Å². The summed E-state index contributed by atoms with van der Waals surface area (Å²) in [5, 5.41) is 8.01. The van der Waals surface area contributed by atoms with E-state index in [1.54, 1.807) is 13.2 Å².